The monoisotopic (exact) mass is 963 g/mol. The fourth-order valence-electron chi connectivity index (χ4n) is 8.83. The van der Waals surface area contributed by atoms with Crippen LogP contribution in [-0.2, 0) is 19.0 Å². The average molecular weight is 964 g/mol. The van der Waals surface area contributed by atoms with Gasteiger partial charge in [0.1, 0.15) is 12.1 Å². The molecule has 68 heavy (non-hydrogen) atoms. The molecule has 0 saturated heterocycles. The first-order valence-corrected chi connectivity index (χ1v) is 29.8. The molecule has 2 N–H and O–H groups in total. The Bertz CT molecular complexity index is 1020. The number of hydrogen-bond donors (Lipinski definition) is 2. The van der Waals surface area contributed by atoms with Crippen LogP contribution in [0.4, 0.5) is 0 Å². The summed E-state index contributed by atoms with van der Waals surface area (Å²) in [6.45, 7) is 27.5. The van der Waals surface area contributed by atoms with Gasteiger partial charge in [-0.2, -0.15) is 0 Å². The zero-order valence-electron chi connectivity index (χ0n) is 47.7. The number of unbranched alkanes of at least 4 members (excludes halogenated alkanes) is 21. The standard InChI is InChI=1S/C48H96N4O3.C12H26O/c1-9-13-15-17-22-28-35-46(36-29-23-18-16-14-10-2)55-47(54-8)37-30-24-21-26-32-40-52(39-31-25-19-20-27-33-42-53)41-34-38-49-48(45(7)43(5)11-3)51-50-44(6)12-4;1-4-6-8-12(9-7-5-2)10-11-13-3/h42-44,46-47,50H,7,9-41H2,1-6,8H3,(H,49,51);12H,4-11H2,1-3H3. The van der Waals surface area contributed by atoms with E-state index >= 15 is 0 Å². The molecule has 3 atom stereocenters. The summed E-state index contributed by atoms with van der Waals surface area (Å²) in [6, 6.07) is 0.380. The smallest absolute Gasteiger partial charge is 0.157 e. The Labute approximate surface area is 426 Å². The van der Waals surface area contributed by atoms with Gasteiger partial charge in [-0.05, 0) is 115 Å². The first-order valence-electron chi connectivity index (χ1n) is 29.8. The number of rotatable bonds is 52. The van der Waals surface area contributed by atoms with Crippen LogP contribution in [0.15, 0.2) is 17.1 Å². The Morgan fingerprint density at radius 3 is 1.54 bits per heavy atom. The highest BCUT2D eigenvalue weighted by atomic mass is 16.7. The van der Waals surface area contributed by atoms with E-state index in [0.717, 1.165) is 88.5 Å². The third-order valence-electron chi connectivity index (χ3n) is 14.2. The van der Waals surface area contributed by atoms with E-state index in [2.05, 4.69) is 77.7 Å². The van der Waals surface area contributed by atoms with Gasteiger partial charge in [0.2, 0.25) is 0 Å². The minimum Gasteiger partial charge on any atom is -0.385 e. The first kappa shape index (κ1) is 68.8. The summed E-state index contributed by atoms with van der Waals surface area (Å²) in [6.07, 6.45) is 46.3. The predicted octanol–water partition coefficient (Wildman–Crippen LogP) is 17.3. The summed E-state index contributed by atoms with van der Waals surface area (Å²) in [5.41, 5.74) is 7.89. The van der Waals surface area contributed by atoms with Crippen molar-refractivity contribution in [2.45, 2.75) is 305 Å². The van der Waals surface area contributed by atoms with Crippen molar-refractivity contribution in [3.8, 4) is 0 Å². The number of aldehydes is 1. The number of ether oxygens (including phenoxy) is 3. The molecule has 0 heterocycles. The highest BCUT2D eigenvalue weighted by Gasteiger charge is 2.17. The van der Waals surface area contributed by atoms with Crippen molar-refractivity contribution >= 4 is 12.1 Å². The van der Waals surface area contributed by atoms with Crippen molar-refractivity contribution in [1.29, 1.82) is 0 Å². The van der Waals surface area contributed by atoms with Crippen LogP contribution < -0.4 is 10.9 Å². The maximum Gasteiger partial charge on any atom is 0.157 e. The quantitative estimate of drug-likeness (QED) is 0.0157. The normalized spacial score (nSPS) is 13.3. The van der Waals surface area contributed by atoms with Gasteiger partial charge in [-0.25, -0.2) is 5.43 Å². The van der Waals surface area contributed by atoms with Crippen molar-refractivity contribution < 1.29 is 19.0 Å². The van der Waals surface area contributed by atoms with E-state index in [1.165, 1.54) is 193 Å². The van der Waals surface area contributed by atoms with Crippen LogP contribution in [0.1, 0.15) is 287 Å². The Morgan fingerprint density at radius 1 is 0.574 bits per heavy atom. The molecule has 0 bridgehead atoms. The topological polar surface area (TPSA) is 84.4 Å². The van der Waals surface area contributed by atoms with Crippen LogP contribution in [0, 0.1) is 11.8 Å². The summed E-state index contributed by atoms with van der Waals surface area (Å²) >= 11 is 0. The van der Waals surface area contributed by atoms with Crippen molar-refractivity contribution in [2.24, 2.45) is 16.8 Å². The van der Waals surface area contributed by atoms with Crippen molar-refractivity contribution in [1.82, 2.24) is 15.8 Å². The lowest BCUT2D eigenvalue weighted by Gasteiger charge is -2.24. The highest BCUT2D eigenvalue weighted by Crippen LogP contribution is 2.22. The molecule has 8 nitrogen and oxygen atoms in total. The number of carbonyl (C=O) groups is 1. The van der Waals surface area contributed by atoms with Crippen molar-refractivity contribution in [3.05, 3.63) is 12.2 Å². The molecule has 0 aromatic carbocycles. The SMILES string of the molecule is C=C(C(=NCCCN(CCCCCCCC=O)CCCCCCCC(OC)OC(CCCCCCCC)CCCCCCCC)NNC(C)CC)C(C)CC.CCCCC(CCCC)CCOC. The van der Waals surface area contributed by atoms with E-state index in [1.807, 2.05) is 7.11 Å². The zero-order chi connectivity index (χ0) is 50.6. The van der Waals surface area contributed by atoms with E-state index in [-0.39, 0.29) is 6.29 Å². The fourth-order valence-corrected chi connectivity index (χ4v) is 8.83. The molecule has 0 radical (unpaired) electrons. The lowest BCUT2D eigenvalue weighted by molar-refractivity contribution is -0.163. The molecule has 0 spiro atoms. The molecule has 0 fully saturated rings. The molecule has 406 valence electrons. The summed E-state index contributed by atoms with van der Waals surface area (Å²) in [4.78, 5) is 18.3. The minimum atomic E-state index is -0.0642. The van der Waals surface area contributed by atoms with E-state index in [1.54, 1.807) is 7.11 Å². The van der Waals surface area contributed by atoms with Gasteiger partial charge < -0.3 is 29.3 Å². The van der Waals surface area contributed by atoms with Gasteiger partial charge in [0, 0.05) is 39.8 Å². The summed E-state index contributed by atoms with van der Waals surface area (Å²) in [5.74, 6) is 2.24. The maximum absolute atomic E-state index is 10.7. The Kier molecular flexibility index (Phi) is 55.6. The Morgan fingerprint density at radius 2 is 1.06 bits per heavy atom. The predicted molar refractivity (Wildman–Crippen MR) is 300 cm³/mol. The van der Waals surface area contributed by atoms with Gasteiger partial charge in [0.15, 0.2) is 6.29 Å². The van der Waals surface area contributed by atoms with Crippen LogP contribution in [-0.4, -0.2) is 82.5 Å². The summed E-state index contributed by atoms with van der Waals surface area (Å²) < 4.78 is 17.7. The van der Waals surface area contributed by atoms with Crippen molar-refractivity contribution in [2.75, 3.05) is 47.0 Å². The molecular weight excluding hydrogens is 841 g/mol. The lowest BCUT2D eigenvalue weighted by atomic mass is 9.93. The number of carbonyl (C=O) groups excluding carboxylic acids is 1. The number of hydrazine groups is 1. The first-order chi connectivity index (χ1) is 33.2. The number of methoxy groups -OCH3 is 2. The zero-order valence-corrected chi connectivity index (χ0v) is 47.7. The highest BCUT2D eigenvalue weighted by molar-refractivity contribution is 5.97. The molecule has 0 rings (SSSR count). The molecule has 0 aliphatic rings. The number of hydrogen-bond acceptors (Lipinski definition) is 7. The van der Waals surface area contributed by atoms with E-state index in [0.29, 0.717) is 24.5 Å². The molecule has 0 aromatic rings. The number of aliphatic imine (C=N–C) groups is 1. The molecule has 0 amide bonds. The molecule has 8 heteroatoms. The fraction of sp³-hybridized carbons (Fsp3) is 0.933. The van der Waals surface area contributed by atoms with E-state index in [9.17, 15) is 4.79 Å². The van der Waals surface area contributed by atoms with Crippen LogP contribution in [0.5, 0.6) is 0 Å². The van der Waals surface area contributed by atoms with Gasteiger partial charge in [-0.1, -0.05) is 209 Å². The Balaban J connectivity index is 0. The second-order valence-electron chi connectivity index (χ2n) is 20.6. The second kappa shape index (κ2) is 55.0. The van der Waals surface area contributed by atoms with Gasteiger partial charge >= 0.3 is 0 Å². The van der Waals surface area contributed by atoms with Gasteiger partial charge in [-0.15, -0.1) is 0 Å². The largest absolute Gasteiger partial charge is 0.385 e. The lowest BCUT2D eigenvalue weighted by Crippen LogP contribution is -2.44. The van der Waals surface area contributed by atoms with Crippen molar-refractivity contribution in [3.63, 3.8) is 0 Å². The van der Waals surface area contributed by atoms with Gasteiger partial charge in [0.05, 0.1) is 6.10 Å². The maximum atomic E-state index is 10.7. The molecule has 0 aliphatic heterocycles. The molecule has 0 aliphatic carbocycles. The minimum absolute atomic E-state index is 0.0642. The van der Waals surface area contributed by atoms with E-state index in [4.69, 9.17) is 19.2 Å². The van der Waals surface area contributed by atoms with Crippen LogP contribution in [0.3, 0.4) is 0 Å². The van der Waals surface area contributed by atoms with Gasteiger partial charge in [0.25, 0.3) is 0 Å². The third-order valence-corrected chi connectivity index (χ3v) is 14.2. The number of nitrogens with one attached hydrogen (secondary N) is 2. The van der Waals surface area contributed by atoms with Crippen LogP contribution >= 0.6 is 0 Å². The third kappa shape index (κ3) is 45.8. The molecule has 0 saturated carbocycles. The van der Waals surface area contributed by atoms with Gasteiger partial charge in [-0.3, -0.25) is 4.99 Å². The summed E-state index contributed by atoms with van der Waals surface area (Å²) in [5, 5.41) is 0. The molecule has 0 aromatic heterocycles. The Hall–Kier alpha value is -1.32. The molecular formula is C60H122N4O4. The molecule has 3 unspecified atom stereocenters. The summed E-state index contributed by atoms with van der Waals surface area (Å²) in [7, 11) is 3.64. The van der Waals surface area contributed by atoms with Crippen LogP contribution in [0.2, 0.25) is 0 Å². The second-order valence-corrected chi connectivity index (χ2v) is 20.6. The number of nitrogens with zero attached hydrogens (tertiary/aromatic N) is 2. The average Bonchev–Trinajstić information content (AvgIpc) is 3.35. The number of amidine groups is 1. The van der Waals surface area contributed by atoms with E-state index < -0.39 is 0 Å². The van der Waals surface area contributed by atoms with Crippen LogP contribution in [0.25, 0.3) is 0 Å².